The fourth-order valence-electron chi connectivity index (χ4n) is 2.61. The van der Waals surface area contributed by atoms with Gasteiger partial charge in [0.05, 0.1) is 0 Å². The van der Waals surface area contributed by atoms with Gasteiger partial charge in [-0.1, -0.05) is 36.8 Å². The molecule has 0 aliphatic carbocycles. The summed E-state index contributed by atoms with van der Waals surface area (Å²) < 4.78 is 2.27. The highest BCUT2D eigenvalue weighted by molar-refractivity contribution is 5.52. The predicted molar refractivity (Wildman–Crippen MR) is 94.2 cm³/mol. The van der Waals surface area contributed by atoms with Gasteiger partial charge in [0.2, 0.25) is 0 Å². The smallest absolute Gasteiger partial charge is 0.332 e. The van der Waals surface area contributed by atoms with Crippen molar-refractivity contribution >= 4 is 5.82 Å². The molecule has 0 fully saturated rings. The van der Waals surface area contributed by atoms with Crippen molar-refractivity contribution in [2.45, 2.75) is 32.7 Å². The first-order valence-corrected chi connectivity index (χ1v) is 7.91. The molecular formula is C18H22N4O2. The van der Waals surface area contributed by atoms with E-state index in [0.29, 0.717) is 0 Å². The highest BCUT2D eigenvalue weighted by Gasteiger charge is 2.18. The van der Waals surface area contributed by atoms with Gasteiger partial charge in [-0.25, -0.2) is 4.79 Å². The van der Waals surface area contributed by atoms with Gasteiger partial charge in [-0.05, 0) is 25.3 Å². The second-order valence-corrected chi connectivity index (χ2v) is 5.98. The lowest BCUT2D eigenvalue weighted by atomic mass is 10.0. The van der Waals surface area contributed by atoms with E-state index in [1.807, 2.05) is 19.9 Å². The zero-order valence-electron chi connectivity index (χ0n) is 14.5. The second kappa shape index (κ2) is 7.18. The summed E-state index contributed by atoms with van der Waals surface area (Å²) in [6, 6.07) is 10.2. The van der Waals surface area contributed by atoms with Crippen molar-refractivity contribution < 1.29 is 0 Å². The molecule has 126 valence electrons. The van der Waals surface area contributed by atoms with Crippen LogP contribution in [0.25, 0.3) is 0 Å². The zero-order chi connectivity index (χ0) is 17.9. The van der Waals surface area contributed by atoms with Gasteiger partial charge < -0.3 is 5.32 Å². The Bertz CT molecular complexity index is 885. The van der Waals surface area contributed by atoms with E-state index < -0.39 is 11.2 Å². The van der Waals surface area contributed by atoms with Crippen molar-refractivity contribution in [3.63, 3.8) is 0 Å². The van der Waals surface area contributed by atoms with Gasteiger partial charge in [0.15, 0.2) is 5.56 Å². The molecule has 1 atom stereocenters. The monoisotopic (exact) mass is 326 g/mol. The highest BCUT2D eigenvalue weighted by atomic mass is 16.2. The van der Waals surface area contributed by atoms with Gasteiger partial charge in [0, 0.05) is 20.1 Å². The topological polar surface area (TPSA) is 79.8 Å². The average Bonchev–Trinajstić information content (AvgIpc) is 2.59. The number of hydrogen-bond donors (Lipinski definition) is 1. The summed E-state index contributed by atoms with van der Waals surface area (Å²) in [7, 11) is 2.93. The normalized spacial score (nSPS) is 11.8. The number of nitriles is 1. The third-order valence-corrected chi connectivity index (χ3v) is 4.21. The van der Waals surface area contributed by atoms with Gasteiger partial charge in [0.1, 0.15) is 11.9 Å². The summed E-state index contributed by atoms with van der Waals surface area (Å²) in [5, 5.41) is 12.5. The third kappa shape index (κ3) is 3.40. The summed E-state index contributed by atoms with van der Waals surface area (Å²) in [4.78, 5) is 24.3. The molecule has 0 saturated heterocycles. The molecule has 2 rings (SSSR count). The molecule has 0 aliphatic heterocycles. The molecule has 24 heavy (non-hydrogen) atoms. The summed E-state index contributed by atoms with van der Waals surface area (Å²) in [6.07, 6.45) is 1.53. The van der Waals surface area contributed by atoms with Crippen LogP contribution in [0.2, 0.25) is 0 Å². The molecule has 0 bridgehead atoms. The molecule has 0 radical (unpaired) electrons. The summed E-state index contributed by atoms with van der Waals surface area (Å²) in [5.74, 6) is 0.282. The van der Waals surface area contributed by atoms with Crippen molar-refractivity contribution in [2.24, 2.45) is 14.1 Å². The molecular weight excluding hydrogens is 304 g/mol. The summed E-state index contributed by atoms with van der Waals surface area (Å²) in [5.41, 5.74) is 1.29. The van der Waals surface area contributed by atoms with E-state index >= 15 is 0 Å². The summed E-state index contributed by atoms with van der Waals surface area (Å²) in [6.45, 7) is 4.06. The lowest BCUT2D eigenvalue weighted by molar-refractivity contribution is 0.647. The Morgan fingerprint density at radius 1 is 1.17 bits per heavy atom. The molecule has 0 spiro atoms. The third-order valence-electron chi connectivity index (χ3n) is 4.21. The first kappa shape index (κ1) is 17.5. The van der Waals surface area contributed by atoms with Crippen molar-refractivity contribution in [1.82, 2.24) is 9.13 Å². The summed E-state index contributed by atoms with van der Waals surface area (Å²) >= 11 is 0. The minimum Gasteiger partial charge on any atom is -0.367 e. The molecule has 1 aromatic carbocycles. The van der Waals surface area contributed by atoms with Crippen molar-refractivity contribution in [1.29, 1.82) is 5.26 Å². The molecule has 6 nitrogen and oxygen atoms in total. The lowest BCUT2D eigenvalue weighted by Gasteiger charge is -2.21. The second-order valence-electron chi connectivity index (χ2n) is 5.98. The molecule has 1 aromatic heterocycles. The first-order chi connectivity index (χ1) is 11.4. The first-order valence-electron chi connectivity index (χ1n) is 7.91. The Balaban J connectivity index is 2.38. The van der Waals surface area contributed by atoms with E-state index in [1.165, 1.54) is 17.2 Å². The van der Waals surface area contributed by atoms with Crippen LogP contribution < -0.4 is 16.6 Å². The average molecular weight is 326 g/mol. The van der Waals surface area contributed by atoms with Gasteiger partial charge in [-0.3, -0.25) is 13.9 Å². The van der Waals surface area contributed by atoms with Gasteiger partial charge in [-0.2, -0.15) is 5.26 Å². The van der Waals surface area contributed by atoms with Crippen LogP contribution in [0.3, 0.4) is 0 Å². The Labute approximate surface area is 141 Å². The van der Waals surface area contributed by atoms with Crippen molar-refractivity contribution in [2.75, 3.05) is 5.32 Å². The van der Waals surface area contributed by atoms with Crippen LogP contribution in [-0.2, 0) is 20.5 Å². The number of nitrogens with one attached hydrogen (secondary N) is 1. The quantitative estimate of drug-likeness (QED) is 0.907. The molecule has 2 aromatic rings. The van der Waals surface area contributed by atoms with Gasteiger partial charge >= 0.3 is 5.69 Å². The van der Waals surface area contributed by atoms with E-state index in [4.69, 9.17) is 0 Å². The van der Waals surface area contributed by atoms with Gasteiger partial charge in [0.25, 0.3) is 5.56 Å². The number of aromatic nitrogens is 2. The fraction of sp³-hybridized carbons (Fsp3) is 0.389. The Hall–Kier alpha value is -2.81. The Morgan fingerprint density at radius 3 is 2.33 bits per heavy atom. The van der Waals surface area contributed by atoms with Crippen molar-refractivity contribution in [3.8, 4) is 6.07 Å². The number of anilines is 1. The Morgan fingerprint density at radius 2 is 1.79 bits per heavy atom. The molecule has 0 aliphatic rings. The van der Waals surface area contributed by atoms with Crippen LogP contribution in [0.15, 0.2) is 33.9 Å². The number of aryl methyl sites for hydroxylation is 1. The van der Waals surface area contributed by atoms with Crippen molar-refractivity contribution in [3.05, 3.63) is 61.8 Å². The largest absolute Gasteiger partial charge is 0.367 e. The zero-order valence-corrected chi connectivity index (χ0v) is 14.5. The maximum absolute atomic E-state index is 12.1. The standard InChI is InChI=1S/C18H22N4O2/c1-5-14(10-13-8-6-12(2)7-9-13)20-16-15(11-19)17(23)22(4)18(24)21(16)3/h6-9,14,20H,5,10H2,1-4H3. The van der Waals surface area contributed by atoms with E-state index in [0.717, 1.165) is 23.0 Å². The molecule has 0 amide bonds. The Kier molecular flexibility index (Phi) is 5.24. The number of hydrogen-bond acceptors (Lipinski definition) is 4. The minimum absolute atomic E-state index is 0.0116. The molecule has 0 saturated carbocycles. The predicted octanol–water partition coefficient (Wildman–Crippen LogP) is 1.70. The maximum atomic E-state index is 12.1. The molecule has 6 heteroatoms. The van der Waals surface area contributed by atoms with E-state index in [9.17, 15) is 14.9 Å². The van der Waals surface area contributed by atoms with Crippen LogP contribution >= 0.6 is 0 Å². The highest BCUT2D eigenvalue weighted by Crippen LogP contribution is 2.14. The van der Waals surface area contributed by atoms with Crippen LogP contribution in [0.5, 0.6) is 0 Å². The SMILES string of the molecule is CCC(Cc1ccc(C)cc1)Nc1c(C#N)c(=O)n(C)c(=O)n1C. The minimum atomic E-state index is -0.576. The number of nitrogens with zero attached hydrogens (tertiary/aromatic N) is 3. The lowest BCUT2D eigenvalue weighted by Crippen LogP contribution is -2.41. The fourth-order valence-corrected chi connectivity index (χ4v) is 2.61. The van der Waals surface area contributed by atoms with Crippen LogP contribution in [0.4, 0.5) is 5.82 Å². The number of benzene rings is 1. The molecule has 1 N–H and O–H groups in total. The maximum Gasteiger partial charge on any atom is 0.332 e. The van der Waals surface area contributed by atoms with Crippen LogP contribution in [0.1, 0.15) is 30.0 Å². The number of rotatable bonds is 5. The molecule has 1 heterocycles. The van der Waals surface area contributed by atoms with E-state index in [-0.39, 0.29) is 17.4 Å². The molecule has 1 unspecified atom stereocenters. The van der Waals surface area contributed by atoms with E-state index in [1.54, 1.807) is 7.05 Å². The van der Waals surface area contributed by atoms with Gasteiger partial charge in [-0.15, -0.1) is 0 Å². The van der Waals surface area contributed by atoms with E-state index in [2.05, 4.69) is 29.6 Å². The van der Waals surface area contributed by atoms with Crippen LogP contribution in [0, 0.1) is 18.3 Å². The van der Waals surface area contributed by atoms with Crippen LogP contribution in [-0.4, -0.2) is 15.2 Å².